The van der Waals surface area contributed by atoms with Gasteiger partial charge in [0.05, 0.1) is 0 Å². The quantitative estimate of drug-likeness (QED) is 0.533. The lowest BCUT2D eigenvalue weighted by molar-refractivity contribution is -0.115. The lowest BCUT2D eigenvalue weighted by atomic mass is 9.94. The van der Waals surface area contributed by atoms with Crippen molar-refractivity contribution < 1.29 is 4.79 Å². The van der Waals surface area contributed by atoms with E-state index in [4.69, 9.17) is 0 Å². The predicted octanol–water partition coefficient (Wildman–Crippen LogP) is 3.35. The fourth-order valence-corrected chi connectivity index (χ4v) is 1.31. The molecule has 0 spiro atoms. The molecule has 1 heteroatoms. The molecular formula is C11H20O. The van der Waals surface area contributed by atoms with Crippen LogP contribution in [0.3, 0.4) is 0 Å². The van der Waals surface area contributed by atoms with E-state index >= 15 is 0 Å². The summed E-state index contributed by atoms with van der Waals surface area (Å²) in [4.78, 5) is 11.0. The van der Waals surface area contributed by atoms with Crippen molar-refractivity contribution in [2.45, 2.75) is 46.0 Å². The highest BCUT2D eigenvalue weighted by Gasteiger charge is 2.08. The molecule has 0 fully saturated rings. The van der Waals surface area contributed by atoms with Gasteiger partial charge in [-0.3, -0.25) is 4.79 Å². The highest BCUT2D eigenvalue weighted by Crippen LogP contribution is 2.16. The van der Waals surface area contributed by atoms with Crippen molar-refractivity contribution in [3.05, 3.63) is 12.7 Å². The number of unbranched alkanes of at least 4 members (excludes halogenated alkanes) is 1. The van der Waals surface area contributed by atoms with E-state index in [0.717, 1.165) is 6.42 Å². The van der Waals surface area contributed by atoms with Gasteiger partial charge in [0, 0.05) is 6.42 Å². The monoisotopic (exact) mass is 168 g/mol. The SMILES string of the molecule is C=CC(=O)CC(CC)CCCC. The van der Waals surface area contributed by atoms with Crippen LogP contribution in [0.4, 0.5) is 0 Å². The van der Waals surface area contributed by atoms with Crippen LogP contribution in [-0.4, -0.2) is 5.78 Å². The minimum absolute atomic E-state index is 0.193. The van der Waals surface area contributed by atoms with E-state index < -0.39 is 0 Å². The normalized spacial score (nSPS) is 12.5. The molecule has 1 atom stereocenters. The van der Waals surface area contributed by atoms with Gasteiger partial charge in [-0.05, 0) is 12.0 Å². The second kappa shape index (κ2) is 7.08. The molecule has 12 heavy (non-hydrogen) atoms. The summed E-state index contributed by atoms with van der Waals surface area (Å²) in [5.41, 5.74) is 0. The summed E-state index contributed by atoms with van der Waals surface area (Å²) >= 11 is 0. The summed E-state index contributed by atoms with van der Waals surface area (Å²) < 4.78 is 0. The number of hydrogen-bond acceptors (Lipinski definition) is 1. The highest BCUT2D eigenvalue weighted by molar-refractivity contribution is 5.89. The maximum absolute atomic E-state index is 11.0. The molecule has 0 N–H and O–H groups in total. The fourth-order valence-electron chi connectivity index (χ4n) is 1.31. The maximum atomic E-state index is 11.0. The molecule has 0 aliphatic carbocycles. The standard InChI is InChI=1S/C11H20O/c1-4-7-8-10(5-2)9-11(12)6-3/h6,10H,3-5,7-9H2,1-2H3. The zero-order chi connectivity index (χ0) is 9.40. The van der Waals surface area contributed by atoms with E-state index in [-0.39, 0.29) is 5.78 Å². The van der Waals surface area contributed by atoms with Crippen molar-refractivity contribution >= 4 is 5.78 Å². The Labute approximate surface area is 75.9 Å². The van der Waals surface area contributed by atoms with Gasteiger partial charge in [0.25, 0.3) is 0 Å². The van der Waals surface area contributed by atoms with E-state index in [0.29, 0.717) is 12.3 Å². The number of hydrogen-bond donors (Lipinski definition) is 0. The molecule has 0 saturated carbocycles. The topological polar surface area (TPSA) is 17.1 Å². The first kappa shape index (κ1) is 11.4. The molecule has 70 valence electrons. The van der Waals surface area contributed by atoms with Crippen LogP contribution in [0.15, 0.2) is 12.7 Å². The third kappa shape index (κ3) is 5.11. The molecule has 0 aromatic heterocycles. The fraction of sp³-hybridized carbons (Fsp3) is 0.727. The van der Waals surface area contributed by atoms with E-state index in [1.165, 1.54) is 25.3 Å². The summed E-state index contributed by atoms with van der Waals surface area (Å²) in [6.45, 7) is 7.81. The Bertz CT molecular complexity index is 138. The zero-order valence-corrected chi connectivity index (χ0v) is 8.31. The minimum Gasteiger partial charge on any atom is -0.295 e. The van der Waals surface area contributed by atoms with Crippen LogP contribution < -0.4 is 0 Å². The maximum Gasteiger partial charge on any atom is 0.155 e. The third-order valence-corrected chi connectivity index (χ3v) is 2.26. The van der Waals surface area contributed by atoms with E-state index in [2.05, 4.69) is 20.4 Å². The van der Waals surface area contributed by atoms with Crippen molar-refractivity contribution in [2.24, 2.45) is 5.92 Å². The largest absolute Gasteiger partial charge is 0.295 e. The number of rotatable bonds is 7. The van der Waals surface area contributed by atoms with Crippen molar-refractivity contribution in [3.63, 3.8) is 0 Å². The average Bonchev–Trinajstić information content (AvgIpc) is 2.11. The third-order valence-electron chi connectivity index (χ3n) is 2.26. The first-order valence-corrected chi connectivity index (χ1v) is 4.89. The van der Waals surface area contributed by atoms with Crippen LogP contribution in [0.2, 0.25) is 0 Å². The van der Waals surface area contributed by atoms with E-state index in [1.807, 2.05) is 0 Å². The Balaban J connectivity index is 3.66. The number of allylic oxidation sites excluding steroid dienone is 1. The van der Waals surface area contributed by atoms with Crippen LogP contribution >= 0.6 is 0 Å². The van der Waals surface area contributed by atoms with Crippen LogP contribution in [0, 0.1) is 5.92 Å². The van der Waals surface area contributed by atoms with Crippen molar-refractivity contribution in [1.29, 1.82) is 0 Å². The van der Waals surface area contributed by atoms with E-state index in [1.54, 1.807) is 0 Å². The van der Waals surface area contributed by atoms with Gasteiger partial charge in [0.15, 0.2) is 5.78 Å². The Morgan fingerprint density at radius 1 is 1.50 bits per heavy atom. The summed E-state index contributed by atoms with van der Waals surface area (Å²) in [7, 11) is 0. The van der Waals surface area contributed by atoms with Crippen molar-refractivity contribution in [2.75, 3.05) is 0 Å². The van der Waals surface area contributed by atoms with Gasteiger partial charge in [-0.1, -0.05) is 46.1 Å². The van der Waals surface area contributed by atoms with E-state index in [9.17, 15) is 4.79 Å². The second-order valence-corrected chi connectivity index (χ2v) is 3.29. The van der Waals surface area contributed by atoms with Crippen molar-refractivity contribution in [1.82, 2.24) is 0 Å². The Kier molecular flexibility index (Phi) is 6.73. The summed E-state index contributed by atoms with van der Waals surface area (Å²) in [6, 6.07) is 0. The first-order valence-electron chi connectivity index (χ1n) is 4.89. The molecule has 0 aliphatic heterocycles. The smallest absolute Gasteiger partial charge is 0.155 e. The summed E-state index contributed by atoms with van der Waals surface area (Å²) in [5, 5.41) is 0. The zero-order valence-electron chi connectivity index (χ0n) is 8.31. The lowest BCUT2D eigenvalue weighted by Gasteiger charge is -2.11. The molecule has 0 rings (SSSR count). The van der Waals surface area contributed by atoms with Crippen LogP contribution in [0.1, 0.15) is 46.0 Å². The number of ketones is 1. The van der Waals surface area contributed by atoms with Crippen LogP contribution in [0.25, 0.3) is 0 Å². The van der Waals surface area contributed by atoms with Crippen LogP contribution in [-0.2, 0) is 4.79 Å². The predicted molar refractivity (Wildman–Crippen MR) is 53.1 cm³/mol. The minimum atomic E-state index is 0.193. The lowest BCUT2D eigenvalue weighted by Crippen LogP contribution is -2.05. The molecule has 0 aromatic carbocycles. The molecule has 0 saturated heterocycles. The molecule has 0 heterocycles. The molecular weight excluding hydrogens is 148 g/mol. The van der Waals surface area contributed by atoms with Gasteiger partial charge in [0.1, 0.15) is 0 Å². The number of carbonyl (C=O) groups is 1. The summed E-state index contributed by atoms with van der Waals surface area (Å²) in [5.74, 6) is 0.772. The molecule has 0 amide bonds. The van der Waals surface area contributed by atoms with Gasteiger partial charge >= 0.3 is 0 Å². The Hall–Kier alpha value is -0.590. The summed E-state index contributed by atoms with van der Waals surface area (Å²) in [6.07, 6.45) is 6.89. The van der Waals surface area contributed by atoms with Gasteiger partial charge in [-0.15, -0.1) is 0 Å². The Morgan fingerprint density at radius 2 is 2.17 bits per heavy atom. The van der Waals surface area contributed by atoms with Gasteiger partial charge in [-0.25, -0.2) is 0 Å². The average molecular weight is 168 g/mol. The molecule has 0 radical (unpaired) electrons. The van der Waals surface area contributed by atoms with Crippen molar-refractivity contribution in [3.8, 4) is 0 Å². The molecule has 1 unspecified atom stereocenters. The second-order valence-electron chi connectivity index (χ2n) is 3.29. The van der Waals surface area contributed by atoms with Crippen LogP contribution in [0.5, 0.6) is 0 Å². The first-order chi connectivity index (χ1) is 5.74. The van der Waals surface area contributed by atoms with Gasteiger partial charge in [0.2, 0.25) is 0 Å². The molecule has 0 aliphatic rings. The molecule has 1 nitrogen and oxygen atoms in total. The molecule has 0 bridgehead atoms. The molecule has 0 aromatic rings. The van der Waals surface area contributed by atoms with Gasteiger partial charge in [-0.2, -0.15) is 0 Å². The van der Waals surface area contributed by atoms with Gasteiger partial charge < -0.3 is 0 Å². The number of carbonyl (C=O) groups excluding carboxylic acids is 1. The highest BCUT2D eigenvalue weighted by atomic mass is 16.1. The Morgan fingerprint density at radius 3 is 2.58 bits per heavy atom.